The summed E-state index contributed by atoms with van der Waals surface area (Å²) in [4.78, 5) is 5.18. The van der Waals surface area contributed by atoms with Crippen LogP contribution in [0.2, 0.25) is 0 Å². The van der Waals surface area contributed by atoms with Crippen LogP contribution in [0.15, 0.2) is 95.2 Å². The minimum absolute atomic E-state index is 0.206. The number of hydrogen-bond acceptors (Lipinski definition) is 3. The van der Waals surface area contributed by atoms with E-state index in [1.165, 1.54) is 0 Å². The third-order valence-electron chi connectivity index (χ3n) is 6.84. The molecule has 0 N–H and O–H groups in total. The van der Waals surface area contributed by atoms with Crippen LogP contribution in [0.25, 0.3) is 5.57 Å². The van der Waals surface area contributed by atoms with Crippen LogP contribution in [0, 0.1) is 5.41 Å². The fourth-order valence-electron chi connectivity index (χ4n) is 4.05. The van der Waals surface area contributed by atoms with Crippen molar-refractivity contribution in [3.05, 3.63) is 107 Å². The van der Waals surface area contributed by atoms with E-state index < -0.39 is 0 Å². The molecule has 168 valence electrons. The van der Waals surface area contributed by atoms with Crippen LogP contribution < -0.4 is 9.47 Å². The molecule has 0 spiro atoms. The topological polar surface area (TPSA) is 30.8 Å². The smallest absolute Gasteiger partial charge is 0.118 e. The van der Waals surface area contributed by atoms with Crippen molar-refractivity contribution in [1.29, 1.82) is 0 Å². The third-order valence-corrected chi connectivity index (χ3v) is 6.84. The standard InChI is InChI=1S/C30H31NO2/c1-29(2)27(28(31-30(29,3)4)23-10-8-7-9-11-23)20-26(21-12-16-24(32-5)17-13-21)22-14-18-25(33-6)19-15-22/h7-19H,1-6H3. The number of ether oxygens (including phenoxy) is 2. The number of hydrogen-bond donors (Lipinski definition) is 0. The third kappa shape index (κ3) is 4.25. The molecular formula is C30H31NO2. The number of aliphatic imine (C=N–C) groups is 1. The number of methoxy groups -OCH3 is 2. The lowest BCUT2D eigenvalue weighted by molar-refractivity contribution is 0.284. The van der Waals surface area contributed by atoms with E-state index in [1.54, 1.807) is 14.2 Å². The first kappa shape index (κ1) is 22.6. The van der Waals surface area contributed by atoms with E-state index >= 15 is 0 Å². The van der Waals surface area contributed by atoms with Gasteiger partial charge in [0.1, 0.15) is 11.5 Å². The summed E-state index contributed by atoms with van der Waals surface area (Å²) in [7, 11) is 3.37. The Bertz CT molecular complexity index is 1180. The average molecular weight is 438 g/mol. The molecule has 0 saturated carbocycles. The summed E-state index contributed by atoms with van der Waals surface area (Å²) in [5, 5.41) is 0. The summed E-state index contributed by atoms with van der Waals surface area (Å²) in [5.41, 5.74) is 9.76. The molecular weight excluding hydrogens is 406 g/mol. The SMILES string of the molecule is COc1ccc(C(=C=C2C(c3ccccc3)=NC(C)(C)C2(C)C)c2ccc(OC)cc2)cc1. The summed E-state index contributed by atoms with van der Waals surface area (Å²) < 4.78 is 10.8. The molecule has 3 aromatic rings. The van der Waals surface area contributed by atoms with Crippen molar-refractivity contribution in [2.45, 2.75) is 33.2 Å². The largest absolute Gasteiger partial charge is 0.497 e. The molecule has 0 aromatic heterocycles. The zero-order valence-electron chi connectivity index (χ0n) is 20.3. The highest BCUT2D eigenvalue weighted by molar-refractivity contribution is 6.15. The van der Waals surface area contributed by atoms with Crippen LogP contribution in [-0.4, -0.2) is 25.5 Å². The van der Waals surface area contributed by atoms with E-state index in [-0.39, 0.29) is 11.0 Å². The van der Waals surface area contributed by atoms with Gasteiger partial charge in [0.15, 0.2) is 0 Å². The van der Waals surface area contributed by atoms with Gasteiger partial charge in [0.2, 0.25) is 0 Å². The molecule has 0 unspecified atom stereocenters. The van der Waals surface area contributed by atoms with Crippen LogP contribution in [0.1, 0.15) is 44.4 Å². The second-order valence-electron chi connectivity index (χ2n) is 9.34. The minimum Gasteiger partial charge on any atom is -0.497 e. The Morgan fingerprint density at radius 3 is 1.64 bits per heavy atom. The predicted molar refractivity (Wildman–Crippen MR) is 136 cm³/mol. The van der Waals surface area contributed by atoms with Crippen molar-refractivity contribution >= 4 is 11.3 Å². The molecule has 3 aromatic carbocycles. The molecule has 1 aliphatic rings. The van der Waals surface area contributed by atoms with Crippen molar-refractivity contribution < 1.29 is 9.47 Å². The highest BCUT2D eigenvalue weighted by Crippen LogP contribution is 2.48. The zero-order chi connectivity index (χ0) is 23.6. The molecule has 0 radical (unpaired) electrons. The number of nitrogens with zero attached hydrogens (tertiary/aromatic N) is 1. The molecule has 3 heteroatoms. The Kier molecular flexibility index (Phi) is 6.01. The molecule has 0 saturated heterocycles. The molecule has 3 nitrogen and oxygen atoms in total. The average Bonchev–Trinajstić information content (AvgIpc) is 3.02. The molecule has 1 heterocycles. The van der Waals surface area contributed by atoms with Crippen LogP contribution in [0.5, 0.6) is 11.5 Å². The van der Waals surface area contributed by atoms with Gasteiger partial charge in [0, 0.05) is 22.1 Å². The highest BCUT2D eigenvalue weighted by atomic mass is 16.5. The van der Waals surface area contributed by atoms with E-state index in [4.69, 9.17) is 14.5 Å². The molecule has 1 aliphatic heterocycles. The Morgan fingerprint density at radius 2 is 1.18 bits per heavy atom. The van der Waals surface area contributed by atoms with E-state index in [0.29, 0.717) is 0 Å². The van der Waals surface area contributed by atoms with Crippen molar-refractivity contribution in [2.24, 2.45) is 10.4 Å². The molecule has 33 heavy (non-hydrogen) atoms. The van der Waals surface area contributed by atoms with Gasteiger partial charge in [0.05, 0.1) is 25.5 Å². The number of rotatable bonds is 5. The van der Waals surface area contributed by atoms with Gasteiger partial charge in [-0.3, -0.25) is 4.99 Å². The van der Waals surface area contributed by atoms with Crippen molar-refractivity contribution in [3.8, 4) is 11.5 Å². The summed E-state index contributed by atoms with van der Waals surface area (Å²) in [6.07, 6.45) is 0. The maximum atomic E-state index is 5.38. The summed E-state index contributed by atoms with van der Waals surface area (Å²) >= 11 is 0. The lowest BCUT2D eigenvalue weighted by Crippen LogP contribution is -2.34. The van der Waals surface area contributed by atoms with Gasteiger partial charge in [-0.2, -0.15) is 0 Å². The molecule has 4 rings (SSSR count). The summed E-state index contributed by atoms with van der Waals surface area (Å²) in [6.45, 7) is 8.92. The van der Waals surface area contributed by atoms with E-state index in [0.717, 1.165) is 45.0 Å². The van der Waals surface area contributed by atoms with E-state index in [9.17, 15) is 0 Å². The van der Waals surface area contributed by atoms with Crippen LogP contribution in [0.4, 0.5) is 0 Å². The van der Waals surface area contributed by atoms with Crippen molar-refractivity contribution in [3.63, 3.8) is 0 Å². The second-order valence-corrected chi connectivity index (χ2v) is 9.34. The Hall–Kier alpha value is -3.55. The van der Waals surface area contributed by atoms with Gasteiger partial charge < -0.3 is 9.47 Å². The normalized spacial score (nSPS) is 16.1. The molecule has 0 atom stereocenters. The van der Waals surface area contributed by atoms with Gasteiger partial charge >= 0.3 is 0 Å². The monoisotopic (exact) mass is 437 g/mol. The maximum Gasteiger partial charge on any atom is 0.118 e. The molecule has 0 bridgehead atoms. The Balaban J connectivity index is 2.01. The Labute approximate surface area is 197 Å². The molecule has 0 aliphatic carbocycles. The van der Waals surface area contributed by atoms with Gasteiger partial charge in [-0.25, -0.2) is 0 Å². The first-order valence-electron chi connectivity index (χ1n) is 11.2. The van der Waals surface area contributed by atoms with Gasteiger partial charge in [-0.1, -0.05) is 68.4 Å². The second kappa shape index (κ2) is 8.77. The van der Waals surface area contributed by atoms with Gasteiger partial charge in [-0.05, 0) is 49.2 Å². The van der Waals surface area contributed by atoms with E-state index in [1.807, 2.05) is 30.3 Å². The first-order chi connectivity index (χ1) is 15.8. The quantitative estimate of drug-likeness (QED) is 0.404. The lowest BCUT2D eigenvalue weighted by Gasteiger charge is -2.33. The van der Waals surface area contributed by atoms with E-state index in [2.05, 4.69) is 82.0 Å². The van der Waals surface area contributed by atoms with Crippen LogP contribution >= 0.6 is 0 Å². The van der Waals surface area contributed by atoms with Crippen LogP contribution in [0.3, 0.4) is 0 Å². The Morgan fingerprint density at radius 1 is 0.697 bits per heavy atom. The molecule has 0 amide bonds. The predicted octanol–water partition coefficient (Wildman–Crippen LogP) is 6.97. The lowest BCUT2D eigenvalue weighted by atomic mass is 9.71. The zero-order valence-corrected chi connectivity index (χ0v) is 20.3. The maximum absolute atomic E-state index is 5.38. The fraction of sp³-hybridized carbons (Fsp3) is 0.267. The summed E-state index contributed by atoms with van der Waals surface area (Å²) in [6, 6.07) is 26.7. The van der Waals surface area contributed by atoms with Crippen LogP contribution in [-0.2, 0) is 0 Å². The highest BCUT2D eigenvalue weighted by Gasteiger charge is 2.47. The van der Waals surface area contributed by atoms with Gasteiger partial charge in [0.25, 0.3) is 0 Å². The fourth-order valence-corrected chi connectivity index (χ4v) is 4.05. The van der Waals surface area contributed by atoms with Gasteiger partial charge in [-0.15, -0.1) is 5.73 Å². The summed E-state index contributed by atoms with van der Waals surface area (Å²) in [5.74, 6) is 1.66. The minimum atomic E-state index is -0.258. The first-order valence-corrected chi connectivity index (χ1v) is 11.2. The molecule has 0 fully saturated rings. The van der Waals surface area contributed by atoms with Crippen molar-refractivity contribution in [2.75, 3.05) is 14.2 Å². The van der Waals surface area contributed by atoms with Crippen molar-refractivity contribution in [1.82, 2.24) is 0 Å². The number of benzene rings is 3.